The average molecular weight is 499 g/mol. The highest BCUT2D eigenvalue weighted by molar-refractivity contribution is 7.22. The summed E-state index contributed by atoms with van der Waals surface area (Å²) < 4.78 is 17.6. The molecule has 1 N–H and O–H groups in total. The smallest absolute Gasteiger partial charge is 0.301 e. The molecule has 178 valence electrons. The molecule has 7 nitrogen and oxygen atoms in total. The highest BCUT2D eigenvalue weighted by Crippen LogP contribution is 2.45. The maximum Gasteiger partial charge on any atom is 0.301 e. The van der Waals surface area contributed by atoms with Gasteiger partial charge in [0.05, 0.1) is 21.5 Å². The average Bonchev–Trinajstić information content (AvgIpc) is 3.50. The van der Waals surface area contributed by atoms with Crippen molar-refractivity contribution in [3.05, 3.63) is 101 Å². The van der Waals surface area contributed by atoms with Gasteiger partial charge in [0.1, 0.15) is 23.2 Å². The Kier molecular flexibility index (Phi) is 4.97. The first-order valence-corrected chi connectivity index (χ1v) is 12.0. The Hall–Kier alpha value is -4.37. The predicted molar refractivity (Wildman–Crippen MR) is 135 cm³/mol. The predicted octanol–water partition coefficient (Wildman–Crippen LogP) is 5.33. The van der Waals surface area contributed by atoms with Crippen LogP contribution in [-0.4, -0.2) is 31.2 Å². The van der Waals surface area contributed by atoms with E-state index in [1.807, 2.05) is 25.1 Å². The van der Waals surface area contributed by atoms with Gasteiger partial charge in [0, 0.05) is 11.8 Å². The van der Waals surface area contributed by atoms with E-state index < -0.39 is 29.3 Å². The van der Waals surface area contributed by atoms with Gasteiger partial charge < -0.3 is 5.11 Å². The molecular weight excluding hydrogens is 479 g/mol. The molecule has 3 aromatic heterocycles. The van der Waals surface area contributed by atoms with Crippen molar-refractivity contribution in [3.63, 3.8) is 0 Å². The summed E-state index contributed by atoms with van der Waals surface area (Å²) >= 11 is 1.23. The van der Waals surface area contributed by atoms with Crippen LogP contribution in [0.25, 0.3) is 21.6 Å². The number of imidazole rings is 1. The maximum absolute atomic E-state index is 15.2. The number of nitrogens with zero attached hydrogens (tertiary/aromatic N) is 4. The topological polar surface area (TPSA) is 87.8 Å². The summed E-state index contributed by atoms with van der Waals surface area (Å²) in [5.74, 6) is -2.82. The van der Waals surface area contributed by atoms with Crippen LogP contribution < -0.4 is 4.90 Å². The van der Waals surface area contributed by atoms with Crippen molar-refractivity contribution in [2.45, 2.75) is 19.9 Å². The Bertz CT molecular complexity index is 1750. The Morgan fingerprint density at radius 2 is 1.81 bits per heavy atom. The van der Waals surface area contributed by atoms with Crippen molar-refractivity contribution in [2.75, 3.05) is 4.90 Å². The zero-order chi connectivity index (χ0) is 25.1. The number of rotatable bonds is 3. The molecule has 0 saturated carbocycles. The first kappa shape index (κ1) is 22.1. The van der Waals surface area contributed by atoms with Crippen LogP contribution in [0, 0.1) is 19.7 Å². The Labute approximate surface area is 208 Å². The van der Waals surface area contributed by atoms with E-state index in [1.54, 1.807) is 41.8 Å². The molecule has 1 aliphatic heterocycles. The van der Waals surface area contributed by atoms with E-state index in [9.17, 15) is 14.7 Å². The van der Waals surface area contributed by atoms with Crippen molar-refractivity contribution >= 4 is 49.8 Å². The number of hydrogen-bond donors (Lipinski definition) is 1. The fourth-order valence-electron chi connectivity index (χ4n) is 4.67. The fourth-order valence-corrected chi connectivity index (χ4v) is 5.76. The van der Waals surface area contributed by atoms with Crippen LogP contribution in [0.4, 0.5) is 9.52 Å². The van der Waals surface area contributed by atoms with E-state index in [2.05, 4.69) is 9.97 Å². The van der Waals surface area contributed by atoms with Crippen LogP contribution in [0.3, 0.4) is 0 Å². The SMILES string of the molecule is Cc1ccc2nc(N3C(=O)C(=O)C(=C(O)c4c(C)nc5ccccn45)C3c3ccccc3F)sc2c1. The number of aliphatic hydroxyl groups excluding tert-OH is 1. The molecule has 1 amide bonds. The van der Waals surface area contributed by atoms with Crippen molar-refractivity contribution < 1.29 is 19.1 Å². The number of thiazole rings is 1. The lowest BCUT2D eigenvalue weighted by Gasteiger charge is -2.23. The van der Waals surface area contributed by atoms with Gasteiger partial charge in [-0.15, -0.1) is 0 Å². The van der Waals surface area contributed by atoms with Gasteiger partial charge in [-0.25, -0.2) is 14.4 Å². The highest BCUT2D eigenvalue weighted by Gasteiger charge is 2.49. The van der Waals surface area contributed by atoms with E-state index in [1.165, 1.54) is 34.4 Å². The van der Waals surface area contributed by atoms with Gasteiger partial charge in [-0.3, -0.25) is 18.9 Å². The summed E-state index contributed by atoms with van der Waals surface area (Å²) in [5.41, 5.74) is 2.85. The van der Waals surface area contributed by atoms with Crippen LogP contribution in [0.2, 0.25) is 0 Å². The molecular formula is C27H19FN4O3S. The quantitative estimate of drug-likeness (QED) is 0.207. The van der Waals surface area contributed by atoms with Gasteiger partial charge in [0.15, 0.2) is 10.9 Å². The number of pyridine rings is 1. The molecule has 1 unspecified atom stereocenters. The lowest BCUT2D eigenvalue weighted by Crippen LogP contribution is -2.29. The number of ketones is 1. The number of Topliss-reactive ketones (excluding diaryl/α,β-unsaturated/α-hetero) is 1. The minimum absolute atomic E-state index is 0.0835. The van der Waals surface area contributed by atoms with E-state index in [0.29, 0.717) is 16.9 Å². The van der Waals surface area contributed by atoms with Crippen molar-refractivity contribution in [3.8, 4) is 0 Å². The Morgan fingerprint density at radius 1 is 1.03 bits per heavy atom. The molecule has 0 radical (unpaired) electrons. The lowest BCUT2D eigenvalue weighted by molar-refractivity contribution is -0.132. The summed E-state index contributed by atoms with van der Waals surface area (Å²) in [6.07, 6.45) is 1.70. The normalized spacial score (nSPS) is 17.5. The highest BCUT2D eigenvalue weighted by atomic mass is 32.1. The minimum atomic E-state index is -1.21. The molecule has 4 heterocycles. The second kappa shape index (κ2) is 8.10. The second-order valence-corrected chi connectivity index (χ2v) is 9.64. The van der Waals surface area contributed by atoms with Crippen LogP contribution in [0.5, 0.6) is 0 Å². The van der Waals surface area contributed by atoms with Gasteiger partial charge in [0.25, 0.3) is 5.78 Å². The number of benzene rings is 2. The van der Waals surface area contributed by atoms with Gasteiger partial charge in [0.2, 0.25) is 0 Å². The third kappa shape index (κ3) is 3.24. The minimum Gasteiger partial charge on any atom is -0.505 e. The summed E-state index contributed by atoms with van der Waals surface area (Å²) in [7, 11) is 0. The third-order valence-corrected chi connectivity index (χ3v) is 7.33. The molecule has 6 rings (SSSR count). The largest absolute Gasteiger partial charge is 0.505 e. The lowest BCUT2D eigenvalue weighted by atomic mass is 9.96. The van der Waals surface area contributed by atoms with Crippen molar-refractivity contribution in [1.29, 1.82) is 0 Å². The van der Waals surface area contributed by atoms with Crippen LogP contribution >= 0.6 is 11.3 Å². The molecule has 1 fully saturated rings. The van der Waals surface area contributed by atoms with Gasteiger partial charge >= 0.3 is 5.91 Å². The number of halogens is 1. The summed E-state index contributed by atoms with van der Waals surface area (Å²) in [4.78, 5) is 37.1. The fraction of sp³-hybridized carbons (Fsp3) is 0.111. The second-order valence-electron chi connectivity index (χ2n) is 8.63. The van der Waals surface area contributed by atoms with E-state index in [-0.39, 0.29) is 22.0 Å². The van der Waals surface area contributed by atoms with Crippen LogP contribution in [0.1, 0.15) is 28.6 Å². The van der Waals surface area contributed by atoms with E-state index in [4.69, 9.17) is 0 Å². The molecule has 5 aromatic rings. The molecule has 2 aromatic carbocycles. The number of carbonyl (C=O) groups is 2. The molecule has 1 saturated heterocycles. The number of aryl methyl sites for hydroxylation is 2. The first-order valence-electron chi connectivity index (χ1n) is 11.2. The Balaban J connectivity index is 1.63. The van der Waals surface area contributed by atoms with Crippen molar-refractivity contribution in [1.82, 2.24) is 14.4 Å². The molecule has 0 spiro atoms. The molecule has 1 aliphatic rings. The van der Waals surface area contributed by atoms with Gasteiger partial charge in [-0.1, -0.05) is 41.7 Å². The van der Waals surface area contributed by atoms with E-state index in [0.717, 1.165) is 10.3 Å². The zero-order valence-corrected chi connectivity index (χ0v) is 20.1. The first-order chi connectivity index (χ1) is 17.3. The molecule has 0 bridgehead atoms. The molecule has 0 aliphatic carbocycles. The van der Waals surface area contributed by atoms with Gasteiger partial charge in [-0.05, 0) is 49.7 Å². The number of anilines is 1. The zero-order valence-electron chi connectivity index (χ0n) is 19.3. The monoisotopic (exact) mass is 498 g/mol. The number of fused-ring (bicyclic) bond motifs is 2. The third-order valence-electron chi connectivity index (χ3n) is 6.31. The van der Waals surface area contributed by atoms with Crippen LogP contribution in [-0.2, 0) is 9.59 Å². The number of amides is 1. The molecule has 36 heavy (non-hydrogen) atoms. The van der Waals surface area contributed by atoms with Gasteiger partial charge in [-0.2, -0.15) is 0 Å². The number of hydrogen-bond acceptors (Lipinski definition) is 6. The van der Waals surface area contributed by atoms with Crippen LogP contribution in [0.15, 0.2) is 72.4 Å². The number of aliphatic hydroxyl groups is 1. The van der Waals surface area contributed by atoms with Crippen molar-refractivity contribution in [2.24, 2.45) is 0 Å². The standard InChI is InChI=1S/C27H19FN4O3S/c1-14-10-11-18-19(13-14)36-27(30-18)32-23(16-7-3-4-8-17(16)28)21(25(34)26(32)35)24(33)22-15(2)29-20-9-5-6-12-31(20)22/h3-13,23,33H,1-2H3. The Morgan fingerprint density at radius 3 is 2.61 bits per heavy atom. The summed E-state index contributed by atoms with van der Waals surface area (Å²) in [6, 6.07) is 15.7. The summed E-state index contributed by atoms with van der Waals surface area (Å²) in [6.45, 7) is 3.65. The number of aromatic nitrogens is 3. The number of carbonyl (C=O) groups excluding carboxylic acids is 2. The van der Waals surface area contributed by atoms with E-state index >= 15 is 4.39 Å². The summed E-state index contributed by atoms with van der Waals surface area (Å²) in [5, 5.41) is 11.8. The molecule has 1 atom stereocenters. The molecule has 9 heteroatoms. The maximum atomic E-state index is 15.2.